The Hall–Kier alpha value is -2.50. The second-order valence-electron chi connectivity index (χ2n) is 6.46. The van der Waals surface area contributed by atoms with E-state index < -0.39 is 0 Å². The quantitative estimate of drug-likeness (QED) is 0.421. The van der Waals surface area contributed by atoms with Gasteiger partial charge >= 0.3 is 0 Å². The topological polar surface area (TPSA) is 60.7 Å². The van der Waals surface area contributed by atoms with Crippen LogP contribution in [-0.2, 0) is 6.42 Å². The van der Waals surface area contributed by atoms with Crippen LogP contribution in [0.4, 0.5) is 4.39 Å². The lowest BCUT2D eigenvalue weighted by molar-refractivity contribution is 0.0950. The highest BCUT2D eigenvalue weighted by Gasteiger charge is 2.14. The molecule has 3 N–H and O–H groups in total. The van der Waals surface area contributed by atoms with Gasteiger partial charge in [-0.05, 0) is 55.3 Å². The molecular formula is C20H16Cl2FN3O. The van der Waals surface area contributed by atoms with Gasteiger partial charge in [-0.2, -0.15) is 0 Å². The first-order valence-corrected chi connectivity index (χ1v) is 9.20. The molecule has 0 fully saturated rings. The maximum absolute atomic E-state index is 14.0. The van der Waals surface area contributed by atoms with Crippen molar-refractivity contribution >= 4 is 50.9 Å². The Morgan fingerprint density at radius 2 is 1.93 bits per heavy atom. The van der Waals surface area contributed by atoms with E-state index in [2.05, 4.69) is 15.3 Å². The van der Waals surface area contributed by atoms with Gasteiger partial charge in [-0.1, -0.05) is 23.2 Å². The van der Waals surface area contributed by atoms with Gasteiger partial charge in [-0.3, -0.25) is 4.79 Å². The van der Waals surface area contributed by atoms with E-state index >= 15 is 0 Å². The summed E-state index contributed by atoms with van der Waals surface area (Å²) in [6.07, 6.45) is 0.559. The standard InChI is InChI=1S/C20H16Cl2FN3O/c1-10-14(15-8-13(22)9-16(23)19(15)25-10)4-5-24-20(27)18-7-11-6-12(21)2-3-17(11)26-18/h2-3,6-9,25-26H,4-5H2,1H3,(H,24,27). The number of hydrogen-bond acceptors (Lipinski definition) is 1. The van der Waals surface area contributed by atoms with Crippen molar-refractivity contribution in [3.8, 4) is 0 Å². The molecule has 0 unspecified atom stereocenters. The molecule has 0 atom stereocenters. The van der Waals surface area contributed by atoms with Crippen LogP contribution in [0.3, 0.4) is 0 Å². The summed E-state index contributed by atoms with van der Waals surface area (Å²) in [6.45, 7) is 2.29. The Kier molecular flexibility index (Phi) is 4.58. The summed E-state index contributed by atoms with van der Waals surface area (Å²) in [5.41, 5.74) is 3.56. The van der Waals surface area contributed by atoms with Crippen molar-refractivity contribution in [3.63, 3.8) is 0 Å². The monoisotopic (exact) mass is 403 g/mol. The van der Waals surface area contributed by atoms with Crippen LogP contribution in [0.25, 0.3) is 21.8 Å². The van der Waals surface area contributed by atoms with Crippen LogP contribution < -0.4 is 5.32 Å². The molecule has 0 radical (unpaired) electrons. The Morgan fingerprint density at radius 1 is 1.11 bits per heavy atom. The number of aromatic nitrogens is 2. The first-order chi connectivity index (χ1) is 12.9. The van der Waals surface area contributed by atoms with E-state index in [1.807, 2.05) is 13.0 Å². The fraction of sp³-hybridized carbons (Fsp3) is 0.150. The van der Waals surface area contributed by atoms with Crippen molar-refractivity contribution in [3.05, 3.63) is 69.2 Å². The molecule has 4 aromatic rings. The molecule has 0 spiro atoms. The predicted octanol–water partition coefficient (Wildman–Crippen LogP) is 5.38. The molecule has 27 heavy (non-hydrogen) atoms. The van der Waals surface area contributed by atoms with Gasteiger partial charge in [0.15, 0.2) is 0 Å². The molecule has 0 saturated heterocycles. The summed E-state index contributed by atoms with van der Waals surface area (Å²) >= 11 is 12.0. The van der Waals surface area contributed by atoms with Gasteiger partial charge in [0.2, 0.25) is 0 Å². The van der Waals surface area contributed by atoms with E-state index in [9.17, 15) is 9.18 Å². The van der Waals surface area contributed by atoms with Crippen molar-refractivity contribution in [2.45, 2.75) is 13.3 Å². The zero-order valence-electron chi connectivity index (χ0n) is 14.4. The number of nitrogens with one attached hydrogen (secondary N) is 3. The molecular weight excluding hydrogens is 388 g/mol. The van der Waals surface area contributed by atoms with Gasteiger partial charge < -0.3 is 15.3 Å². The molecule has 0 aliphatic rings. The summed E-state index contributed by atoms with van der Waals surface area (Å²) in [4.78, 5) is 18.5. The maximum Gasteiger partial charge on any atom is 0.267 e. The minimum absolute atomic E-state index is 0.205. The van der Waals surface area contributed by atoms with Crippen LogP contribution in [0, 0.1) is 12.7 Å². The second-order valence-corrected chi connectivity index (χ2v) is 7.33. The number of aryl methyl sites for hydroxylation is 1. The largest absolute Gasteiger partial charge is 0.356 e. The maximum atomic E-state index is 14.0. The first kappa shape index (κ1) is 17.9. The van der Waals surface area contributed by atoms with Crippen LogP contribution in [-0.4, -0.2) is 22.4 Å². The Morgan fingerprint density at radius 3 is 2.74 bits per heavy atom. The summed E-state index contributed by atoms with van der Waals surface area (Å²) in [5.74, 6) is -0.586. The van der Waals surface area contributed by atoms with Gasteiger partial charge in [0.25, 0.3) is 5.91 Å². The van der Waals surface area contributed by atoms with Crippen LogP contribution in [0.5, 0.6) is 0 Å². The Labute approximate surface area is 164 Å². The van der Waals surface area contributed by atoms with Gasteiger partial charge in [-0.25, -0.2) is 4.39 Å². The number of carbonyl (C=O) groups is 1. The van der Waals surface area contributed by atoms with E-state index in [1.54, 1.807) is 24.3 Å². The number of amides is 1. The summed E-state index contributed by atoms with van der Waals surface area (Å²) in [6, 6.07) is 10.2. The van der Waals surface area contributed by atoms with Crippen LogP contribution in [0.1, 0.15) is 21.7 Å². The van der Waals surface area contributed by atoms with Crippen molar-refractivity contribution < 1.29 is 9.18 Å². The average Bonchev–Trinajstić information content (AvgIpc) is 3.16. The number of aromatic amines is 2. The highest BCUT2D eigenvalue weighted by Crippen LogP contribution is 2.28. The molecule has 2 heterocycles. The first-order valence-electron chi connectivity index (χ1n) is 8.45. The SMILES string of the molecule is Cc1[nH]c2c(F)cc(Cl)cc2c1CCNC(=O)c1cc2cc(Cl)ccc2[nH]1. The highest BCUT2D eigenvalue weighted by molar-refractivity contribution is 6.31. The highest BCUT2D eigenvalue weighted by atomic mass is 35.5. The Bertz CT molecular complexity index is 1180. The van der Waals surface area contributed by atoms with Crippen LogP contribution >= 0.6 is 23.2 Å². The minimum Gasteiger partial charge on any atom is -0.356 e. The summed E-state index contributed by atoms with van der Waals surface area (Å²) < 4.78 is 14.0. The predicted molar refractivity (Wildman–Crippen MR) is 107 cm³/mol. The second kappa shape index (κ2) is 6.91. The van der Waals surface area contributed by atoms with Crippen molar-refractivity contribution in [2.24, 2.45) is 0 Å². The van der Waals surface area contributed by atoms with E-state index in [-0.39, 0.29) is 11.7 Å². The smallest absolute Gasteiger partial charge is 0.267 e. The number of H-pyrrole nitrogens is 2. The van der Waals surface area contributed by atoms with Crippen molar-refractivity contribution in [1.29, 1.82) is 0 Å². The van der Waals surface area contributed by atoms with Gasteiger partial charge in [0.1, 0.15) is 11.5 Å². The molecule has 0 aliphatic heterocycles. The number of carbonyl (C=O) groups excluding carboxylic acids is 1. The van der Waals surface area contributed by atoms with Gasteiger partial charge in [0, 0.05) is 38.6 Å². The number of hydrogen-bond donors (Lipinski definition) is 3. The van der Waals surface area contributed by atoms with Crippen molar-refractivity contribution in [1.82, 2.24) is 15.3 Å². The van der Waals surface area contributed by atoms with E-state index in [0.29, 0.717) is 34.2 Å². The van der Waals surface area contributed by atoms with E-state index in [4.69, 9.17) is 23.2 Å². The van der Waals surface area contributed by atoms with Crippen LogP contribution in [0.2, 0.25) is 10.0 Å². The third kappa shape index (κ3) is 3.40. The molecule has 1 amide bonds. The zero-order valence-corrected chi connectivity index (χ0v) is 15.9. The fourth-order valence-electron chi connectivity index (χ4n) is 3.35. The molecule has 0 bridgehead atoms. The molecule has 4 rings (SSSR count). The average molecular weight is 404 g/mol. The molecule has 2 aromatic heterocycles. The number of benzene rings is 2. The summed E-state index contributed by atoms with van der Waals surface area (Å²) in [7, 11) is 0. The molecule has 0 aliphatic carbocycles. The Balaban J connectivity index is 1.50. The van der Waals surface area contributed by atoms with E-state index in [1.165, 1.54) is 6.07 Å². The van der Waals surface area contributed by atoms with Gasteiger partial charge in [-0.15, -0.1) is 0 Å². The zero-order chi connectivity index (χ0) is 19.1. The summed E-state index contributed by atoms with van der Waals surface area (Å²) in [5, 5.41) is 5.48. The lowest BCUT2D eigenvalue weighted by Gasteiger charge is -2.05. The third-order valence-electron chi connectivity index (χ3n) is 4.63. The molecule has 7 heteroatoms. The minimum atomic E-state index is -0.382. The molecule has 4 nitrogen and oxygen atoms in total. The number of fused-ring (bicyclic) bond motifs is 2. The third-order valence-corrected chi connectivity index (χ3v) is 5.09. The lowest BCUT2D eigenvalue weighted by atomic mass is 10.1. The van der Waals surface area contributed by atoms with Gasteiger partial charge in [0.05, 0.1) is 5.52 Å². The molecule has 0 saturated carbocycles. The molecule has 138 valence electrons. The number of halogens is 3. The number of rotatable bonds is 4. The van der Waals surface area contributed by atoms with Crippen molar-refractivity contribution in [2.75, 3.05) is 6.54 Å². The van der Waals surface area contributed by atoms with Crippen LogP contribution in [0.15, 0.2) is 36.4 Å². The lowest BCUT2D eigenvalue weighted by Crippen LogP contribution is -2.26. The normalized spacial score (nSPS) is 11.4. The fourth-order valence-corrected chi connectivity index (χ4v) is 3.73. The molecule has 2 aromatic carbocycles. The van der Waals surface area contributed by atoms with E-state index in [0.717, 1.165) is 27.5 Å².